The second-order valence-electron chi connectivity index (χ2n) is 6.24. The Morgan fingerprint density at radius 2 is 1.58 bits per heavy atom. The zero-order chi connectivity index (χ0) is 25.9. The Balaban J connectivity index is 3.31. The molecule has 16 heteroatoms. The van der Waals surface area contributed by atoms with Gasteiger partial charge in [0.05, 0.1) is 6.61 Å². The number of rotatable bonds is 10. The summed E-state index contributed by atoms with van der Waals surface area (Å²) in [4.78, 5) is 23.7. The summed E-state index contributed by atoms with van der Waals surface area (Å²) in [6.07, 6.45) is -8.33. The molecule has 0 amide bonds. The quantitative estimate of drug-likeness (QED) is 0.127. The molecule has 0 fully saturated rings. The van der Waals surface area contributed by atoms with Crippen molar-refractivity contribution in [3.63, 3.8) is 0 Å². The van der Waals surface area contributed by atoms with Gasteiger partial charge in [-0.05, 0) is 19.1 Å². The van der Waals surface area contributed by atoms with Crippen LogP contribution in [0, 0.1) is 6.92 Å². The number of carbonyl (C=O) groups excluding carboxylic acids is 2. The van der Waals surface area contributed by atoms with Gasteiger partial charge in [0, 0.05) is 12.5 Å². The van der Waals surface area contributed by atoms with Crippen molar-refractivity contribution in [2.75, 3.05) is 6.61 Å². The molecule has 0 saturated heterocycles. The molecule has 1 rings (SSSR count). The molecule has 1 atom stereocenters. The molecular weight excluding hydrogens is 497 g/mol. The molecule has 0 bridgehead atoms. The lowest BCUT2D eigenvalue weighted by Crippen LogP contribution is -2.59. The largest absolute Gasteiger partial charge is 0.468 e. The van der Waals surface area contributed by atoms with Crippen LogP contribution in [0.4, 0.5) is 30.7 Å². The summed E-state index contributed by atoms with van der Waals surface area (Å²) >= 11 is 0. The van der Waals surface area contributed by atoms with Crippen molar-refractivity contribution in [1.82, 2.24) is 0 Å². The highest BCUT2D eigenvalue weighted by Gasteiger charge is 2.69. The summed E-state index contributed by atoms with van der Waals surface area (Å²) in [6, 6.07) is 4.63. The van der Waals surface area contributed by atoms with Crippen molar-refractivity contribution in [3.8, 4) is 5.75 Å². The lowest BCUT2D eigenvalue weighted by Gasteiger charge is -2.32. The number of hydrogen-bond donors (Lipinski definition) is 1. The van der Waals surface area contributed by atoms with E-state index >= 15 is 0 Å². The topological polar surface area (TPSA) is 116 Å². The smallest absolute Gasteiger partial charge is 0.421 e. The van der Waals surface area contributed by atoms with E-state index in [0.29, 0.717) is 5.56 Å². The number of halogens is 7. The van der Waals surface area contributed by atoms with Gasteiger partial charge in [0.15, 0.2) is 0 Å². The minimum absolute atomic E-state index is 0.143. The fraction of sp³-hybridized carbons (Fsp3) is 0.412. The fourth-order valence-electron chi connectivity index (χ4n) is 2.01. The number of aryl methyl sites for hydroxylation is 1. The molecule has 0 spiro atoms. The van der Waals surface area contributed by atoms with Crippen molar-refractivity contribution in [2.45, 2.75) is 36.5 Å². The van der Waals surface area contributed by atoms with Gasteiger partial charge >= 0.3 is 45.2 Å². The van der Waals surface area contributed by atoms with E-state index in [1.54, 1.807) is 6.92 Å². The van der Waals surface area contributed by atoms with Crippen LogP contribution in [-0.4, -0.2) is 54.7 Å². The van der Waals surface area contributed by atoms with Gasteiger partial charge in [0.1, 0.15) is 5.75 Å². The lowest BCUT2D eigenvalue weighted by atomic mass is 10.2. The standard InChI is InChI=1S/C17H15F7O8S/c1-3-12(25)32-15(16(20,21)22,13(26)31-11-6-4-10(2)5-7-11)30-9-8-14(18,19)17(23,24)33(27,28)29/h3-7H,1,8-9H2,2H3,(H,27,28,29). The van der Waals surface area contributed by atoms with Crippen molar-refractivity contribution >= 4 is 22.1 Å². The molecule has 0 saturated carbocycles. The Bertz CT molecular complexity index is 990. The number of esters is 2. The van der Waals surface area contributed by atoms with Crippen LogP contribution in [0.3, 0.4) is 0 Å². The van der Waals surface area contributed by atoms with Crippen molar-refractivity contribution < 1.29 is 67.5 Å². The normalized spacial score (nSPS) is 14.8. The molecule has 0 aliphatic heterocycles. The molecule has 33 heavy (non-hydrogen) atoms. The van der Waals surface area contributed by atoms with Crippen LogP contribution in [0.2, 0.25) is 0 Å². The van der Waals surface area contributed by atoms with Gasteiger partial charge in [0.2, 0.25) is 0 Å². The first kappa shape index (κ1) is 28.3. The summed E-state index contributed by atoms with van der Waals surface area (Å²) in [5, 5.41) is -6.12. The maximum Gasteiger partial charge on any atom is 0.468 e. The highest BCUT2D eigenvalue weighted by molar-refractivity contribution is 7.87. The van der Waals surface area contributed by atoms with E-state index < -0.39 is 64.0 Å². The molecule has 0 aliphatic rings. The summed E-state index contributed by atoms with van der Waals surface area (Å²) < 4.78 is 136. The van der Waals surface area contributed by atoms with Crippen molar-refractivity contribution in [3.05, 3.63) is 42.5 Å². The molecule has 1 aromatic rings. The summed E-state index contributed by atoms with van der Waals surface area (Å²) in [7, 11) is -6.69. The van der Waals surface area contributed by atoms with Crippen molar-refractivity contribution in [2.24, 2.45) is 0 Å². The van der Waals surface area contributed by atoms with Gasteiger partial charge in [-0.3, -0.25) is 4.55 Å². The molecule has 1 unspecified atom stereocenters. The number of carbonyl (C=O) groups is 2. The number of hydrogen-bond acceptors (Lipinski definition) is 7. The number of ether oxygens (including phenoxy) is 3. The number of benzene rings is 1. The van der Waals surface area contributed by atoms with Crippen LogP contribution >= 0.6 is 0 Å². The SMILES string of the molecule is C=CC(=O)OC(OCCC(F)(F)C(F)(F)S(=O)(=O)O)(C(=O)Oc1ccc(C)cc1)C(F)(F)F. The second-order valence-corrected chi connectivity index (χ2v) is 7.70. The number of alkyl halides is 7. The molecule has 0 aliphatic carbocycles. The van der Waals surface area contributed by atoms with Crippen LogP contribution < -0.4 is 4.74 Å². The van der Waals surface area contributed by atoms with E-state index in [4.69, 9.17) is 4.55 Å². The molecule has 0 aromatic heterocycles. The van der Waals surface area contributed by atoms with Gasteiger partial charge in [0.25, 0.3) is 0 Å². The molecule has 0 heterocycles. The van der Waals surface area contributed by atoms with Crippen LogP contribution in [0.5, 0.6) is 5.75 Å². The first-order chi connectivity index (χ1) is 14.8. The third kappa shape index (κ3) is 6.20. The Morgan fingerprint density at radius 3 is 2.00 bits per heavy atom. The van der Waals surface area contributed by atoms with Crippen LogP contribution in [0.1, 0.15) is 12.0 Å². The van der Waals surface area contributed by atoms with Crippen LogP contribution in [0.25, 0.3) is 0 Å². The fourth-order valence-corrected chi connectivity index (χ4v) is 2.49. The maximum atomic E-state index is 13.7. The Hall–Kier alpha value is -2.72. The zero-order valence-corrected chi connectivity index (χ0v) is 17.2. The van der Waals surface area contributed by atoms with Gasteiger partial charge in [-0.25, -0.2) is 9.59 Å². The van der Waals surface area contributed by atoms with Crippen LogP contribution in [0.15, 0.2) is 36.9 Å². The predicted molar refractivity (Wildman–Crippen MR) is 93.9 cm³/mol. The second kappa shape index (κ2) is 9.64. The van der Waals surface area contributed by atoms with Gasteiger partial charge in [-0.2, -0.15) is 39.2 Å². The van der Waals surface area contributed by atoms with Gasteiger partial charge in [-0.1, -0.05) is 24.3 Å². The van der Waals surface area contributed by atoms with Crippen molar-refractivity contribution in [1.29, 1.82) is 0 Å². The average Bonchev–Trinajstić information content (AvgIpc) is 2.66. The molecule has 1 N–H and O–H groups in total. The predicted octanol–water partition coefficient (Wildman–Crippen LogP) is 3.41. The van der Waals surface area contributed by atoms with Gasteiger partial charge < -0.3 is 14.2 Å². The summed E-state index contributed by atoms with van der Waals surface area (Å²) in [5.74, 6) is -15.4. The van der Waals surface area contributed by atoms with E-state index in [1.807, 2.05) is 0 Å². The van der Waals surface area contributed by atoms with E-state index in [9.17, 15) is 48.7 Å². The van der Waals surface area contributed by atoms with Gasteiger partial charge in [-0.15, -0.1) is 0 Å². The lowest BCUT2D eigenvalue weighted by molar-refractivity contribution is -0.354. The Labute approximate surface area is 181 Å². The molecule has 1 aromatic carbocycles. The zero-order valence-electron chi connectivity index (χ0n) is 16.4. The molecular formula is C17H15F7O8S. The monoisotopic (exact) mass is 512 g/mol. The average molecular weight is 512 g/mol. The molecule has 8 nitrogen and oxygen atoms in total. The first-order valence-corrected chi connectivity index (χ1v) is 9.82. The summed E-state index contributed by atoms with van der Waals surface area (Å²) in [6.45, 7) is 2.25. The minimum atomic E-state index is -6.69. The highest BCUT2D eigenvalue weighted by Crippen LogP contribution is 2.42. The first-order valence-electron chi connectivity index (χ1n) is 8.38. The Morgan fingerprint density at radius 1 is 1.06 bits per heavy atom. The minimum Gasteiger partial charge on any atom is -0.421 e. The third-order valence-corrected chi connectivity index (χ3v) is 4.70. The van der Waals surface area contributed by atoms with Crippen LogP contribution in [-0.2, 0) is 29.2 Å². The summed E-state index contributed by atoms with van der Waals surface area (Å²) in [5.41, 5.74) is 0.591. The highest BCUT2D eigenvalue weighted by atomic mass is 32.2. The van der Waals surface area contributed by atoms with E-state index in [2.05, 4.69) is 20.8 Å². The maximum absolute atomic E-state index is 13.7. The van der Waals surface area contributed by atoms with E-state index in [0.717, 1.165) is 12.1 Å². The van der Waals surface area contributed by atoms with E-state index in [-0.39, 0.29) is 6.08 Å². The van der Waals surface area contributed by atoms with E-state index in [1.165, 1.54) is 12.1 Å². The Kier molecular flexibility index (Phi) is 8.27. The molecule has 0 radical (unpaired) electrons. The third-order valence-electron chi connectivity index (χ3n) is 3.76. The molecule has 186 valence electrons.